The highest BCUT2D eigenvalue weighted by molar-refractivity contribution is 6.61. The highest BCUT2D eigenvalue weighted by atomic mass is 28.4. The molecule has 1 atom stereocenters. The first-order valence-corrected chi connectivity index (χ1v) is 8.73. The predicted molar refractivity (Wildman–Crippen MR) is 69.0 cm³/mol. The van der Waals surface area contributed by atoms with Crippen LogP contribution in [0.4, 0.5) is 0 Å². The number of hydrogen-bond donors (Lipinski definition) is 0. The molecule has 0 aliphatic carbocycles. The molecule has 1 unspecified atom stereocenters. The minimum Gasteiger partial charge on any atom is -0.373 e. The van der Waals surface area contributed by atoms with E-state index < -0.39 is 8.80 Å². The van der Waals surface area contributed by atoms with Gasteiger partial charge in [0.15, 0.2) is 0 Å². The molecular formula is C12H26O4Si. The molecule has 1 heterocycles. The van der Waals surface area contributed by atoms with Crippen LogP contribution in [0.25, 0.3) is 0 Å². The molecule has 17 heavy (non-hydrogen) atoms. The summed E-state index contributed by atoms with van der Waals surface area (Å²) in [5, 5.41) is 0. The third-order valence-electron chi connectivity index (χ3n) is 2.46. The summed E-state index contributed by atoms with van der Waals surface area (Å²) in [4.78, 5) is 0. The summed E-state index contributed by atoms with van der Waals surface area (Å²) >= 11 is 0. The molecule has 1 aliphatic rings. The molecule has 1 aliphatic heterocycles. The van der Waals surface area contributed by atoms with Crippen LogP contribution in [0.1, 0.15) is 40.0 Å². The average molecular weight is 262 g/mol. The summed E-state index contributed by atoms with van der Waals surface area (Å²) in [5.74, 6) is 0. The molecule has 0 saturated carbocycles. The summed E-state index contributed by atoms with van der Waals surface area (Å²) in [6.07, 6.45) is 3.27. The second-order valence-corrected chi connectivity index (χ2v) is 7.03. The standard InChI is InChI=1S/C12H26O4Si/c1-4-7-14-17(15-8-5-2,16-9-6-3)11-12-10-13-12/h12H,4-11H2,1-3H3. The van der Waals surface area contributed by atoms with Gasteiger partial charge in [0.2, 0.25) is 0 Å². The molecule has 0 aromatic heterocycles. The fraction of sp³-hybridized carbons (Fsp3) is 1.00. The quantitative estimate of drug-likeness (QED) is 0.424. The van der Waals surface area contributed by atoms with Crippen LogP contribution in [0.2, 0.25) is 6.04 Å². The van der Waals surface area contributed by atoms with E-state index in [0.717, 1.165) is 31.9 Å². The number of rotatable bonds is 11. The monoisotopic (exact) mass is 262 g/mol. The van der Waals surface area contributed by atoms with Gasteiger partial charge in [0.05, 0.1) is 12.7 Å². The molecule has 0 aromatic carbocycles. The van der Waals surface area contributed by atoms with E-state index in [1.54, 1.807) is 0 Å². The van der Waals surface area contributed by atoms with Crippen molar-refractivity contribution in [2.45, 2.75) is 52.2 Å². The third-order valence-corrected chi connectivity index (χ3v) is 5.35. The van der Waals surface area contributed by atoms with E-state index in [1.807, 2.05) is 0 Å². The molecule has 0 amide bonds. The van der Waals surface area contributed by atoms with Gasteiger partial charge in [0.25, 0.3) is 0 Å². The Balaban J connectivity index is 2.51. The van der Waals surface area contributed by atoms with Gasteiger partial charge in [0.1, 0.15) is 0 Å². The van der Waals surface area contributed by atoms with E-state index in [0.29, 0.717) is 25.9 Å². The van der Waals surface area contributed by atoms with E-state index in [9.17, 15) is 0 Å². The van der Waals surface area contributed by atoms with Crippen LogP contribution >= 0.6 is 0 Å². The third kappa shape index (κ3) is 5.97. The van der Waals surface area contributed by atoms with Gasteiger partial charge in [0, 0.05) is 25.9 Å². The molecule has 102 valence electrons. The second kappa shape index (κ2) is 8.21. The van der Waals surface area contributed by atoms with Gasteiger partial charge in [-0.3, -0.25) is 0 Å². The smallest absolute Gasteiger partial charge is 0.373 e. The molecule has 0 radical (unpaired) electrons. The van der Waals surface area contributed by atoms with E-state index in [-0.39, 0.29) is 0 Å². The summed E-state index contributed by atoms with van der Waals surface area (Å²) in [6.45, 7) is 9.28. The summed E-state index contributed by atoms with van der Waals surface area (Å²) < 4.78 is 23.1. The maximum absolute atomic E-state index is 5.95. The van der Waals surface area contributed by atoms with Gasteiger partial charge < -0.3 is 18.0 Å². The topological polar surface area (TPSA) is 40.2 Å². The van der Waals surface area contributed by atoms with Crippen LogP contribution in [0.3, 0.4) is 0 Å². The Morgan fingerprint density at radius 2 is 1.35 bits per heavy atom. The maximum Gasteiger partial charge on any atom is 0.503 e. The molecule has 4 nitrogen and oxygen atoms in total. The van der Waals surface area contributed by atoms with Crippen molar-refractivity contribution in [3.05, 3.63) is 0 Å². The van der Waals surface area contributed by atoms with Crippen LogP contribution in [-0.4, -0.2) is 41.3 Å². The molecule has 0 aromatic rings. The van der Waals surface area contributed by atoms with Crippen molar-refractivity contribution in [1.82, 2.24) is 0 Å². The van der Waals surface area contributed by atoms with Crippen LogP contribution in [-0.2, 0) is 18.0 Å². The zero-order valence-corrected chi connectivity index (χ0v) is 12.4. The number of ether oxygens (including phenoxy) is 1. The lowest BCUT2D eigenvalue weighted by Crippen LogP contribution is -2.47. The largest absolute Gasteiger partial charge is 0.503 e. The van der Waals surface area contributed by atoms with Crippen molar-refractivity contribution in [1.29, 1.82) is 0 Å². The van der Waals surface area contributed by atoms with Crippen molar-refractivity contribution in [2.75, 3.05) is 26.4 Å². The lowest BCUT2D eigenvalue weighted by molar-refractivity contribution is 0.0574. The highest BCUT2D eigenvalue weighted by Crippen LogP contribution is 2.26. The van der Waals surface area contributed by atoms with Crippen LogP contribution < -0.4 is 0 Å². The van der Waals surface area contributed by atoms with Gasteiger partial charge in [-0.25, -0.2) is 0 Å². The molecule has 1 saturated heterocycles. The first kappa shape index (κ1) is 15.1. The summed E-state index contributed by atoms with van der Waals surface area (Å²) in [7, 11) is -2.48. The molecular weight excluding hydrogens is 236 g/mol. The van der Waals surface area contributed by atoms with Crippen molar-refractivity contribution < 1.29 is 18.0 Å². The first-order chi connectivity index (χ1) is 8.26. The van der Waals surface area contributed by atoms with E-state index in [4.69, 9.17) is 18.0 Å². The van der Waals surface area contributed by atoms with E-state index >= 15 is 0 Å². The summed E-state index contributed by atoms with van der Waals surface area (Å²) in [6, 6.07) is 0.813. The fourth-order valence-corrected chi connectivity index (χ4v) is 4.48. The molecule has 0 N–H and O–H groups in total. The second-order valence-electron chi connectivity index (χ2n) is 4.39. The van der Waals surface area contributed by atoms with Crippen molar-refractivity contribution in [2.24, 2.45) is 0 Å². The average Bonchev–Trinajstić information content (AvgIpc) is 3.15. The highest BCUT2D eigenvalue weighted by Gasteiger charge is 2.46. The van der Waals surface area contributed by atoms with Gasteiger partial charge >= 0.3 is 8.80 Å². The number of hydrogen-bond acceptors (Lipinski definition) is 4. The van der Waals surface area contributed by atoms with Gasteiger partial charge in [-0.1, -0.05) is 20.8 Å². The Hall–Kier alpha value is 0.0569. The zero-order valence-electron chi connectivity index (χ0n) is 11.4. The van der Waals surface area contributed by atoms with Crippen LogP contribution in [0.5, 0.6) is 0 Å². The maximum atomic E-state index is 5.95. The summed E-state index contributed by atoms with van der Waals surface area (Å²) in [5.41, 5.74) is 0. The molecule has 0 bridgehead atoms. The fourth-order valence-electron chi connectivity index (χ4n) is 1.54. The minimum absolute atomic E-state index is 0.298. The van der Waals surface area contributed by atoms with E-state index in [2.05, 4.69) is 20.8 Å². The zero-order chi connectivity index (χ0) is 12.6. The Bertz CT molecular complexity index is 175. The van der Waals surface area contributed by atoms with Gasteiger partial charge in [-0.15, -0.1) is 0 Å². The van der Waals surface area contributed by atoms with Crippen molar-refractivity contribution in [3.8, 4) is 0 Å². The Kier molecular flexibility index (Phi) is 7.30. The molecule has 1 fully saturated rings. The predicted octanol–water partition coefficient (Wildman–Crippen LogP) is 2.60. The Morgan fingerprint density at radius 3 is 1.65 bits per heavy atom. The van der Waals surface area contributed by atoms with Gasteiger partial charge in [-0.2, -0.15) is 0 Å². The Labute approximate surface area is 106 Å². The van der Waals surface area contributed by atoms with E-state index in [1.165, 1.54) is 0 Å². The normalized spacial score (nSPS) is 19.6. The molecule has 0 spiro atoms. The van der Waals surface area contributed by atoms with Crippen molar-refractivity contribution >= 4 is 8.80 Å². The lowest BCUT2D eigenvalue weighted by Gasteiger charge is -2.29. The SMILES string of the molecule is CCCO[Si](CC1CO1)(OCCC)OCCC. The first-order valence-electron chi connectivity index (χ1n) is 6.79. The molecule has 5 heteroatoms. The van der Waals surface area contributed by atoms with Crippen LogP contribution in [0, 0.1) is 0 Å². The van der Waals surface area contributed by atoms with Crippen LogP contribution in [0.15, 0.2) is 0 Å². The van der Waals surface area contributed by atoms with Crippen molar-refractivity contribution in [3.63, 3.8) is 0 Å². The Morgan fingerprint density at radius 1 is 0.941 bits per heavy atom. The molecule has 1 rings (SSSR count). The number of epoxide rings is 1. The lowest BCUT2D eigenvalue weighted by atomic mass is 10.5. The van der Waals surface area contributed by atoms with Gasteiger partial charge in [-0.05, 0) is 19.3 Å². The minimum atomic E-state index is -2.48.